The van der Waals surface area contributed by atoms with Crippen molar-refractivity contribution in [3.05, 3.63) is 53.1 Å². The summed E-state index contributed by atoms with van der Waals surface area (Å²) < 4.78 is 5.21. The largest absolute Gasteiger partial charge is 0.495 e. The number of hydrogen-bond acceptors (Lipinski definition) is 5. The van der Waals surface area contributed by atoms with Crippen LogP contribution in [-0.2, 0) is 9.59 Å². The van der Waals surface area contributed by atoms with E-state index < -0.39 is 0 Å². The number of rotatable bonds is 10. The monoisotopic (exact) mass is 460 g/mol. The maximum Gasteiger partial charge on any atom is 0.253 e. The Labute approximate surface area is 193 Å². The number of methoxy groups -OCH3 is 1. The molecule has 0 unspecified atom stereocenters. The van der Waals surface area contributed by atoms with E-state index in [0.717, 1.165) is 0 Å². The highest BCUT2D eigenvalue weighted by Crippen LogP contribution is 2.27. The molecule has 0 aliphatic rings. The summed E-state index contributed by atoms with van der Waals surface area (Å²) in [7, 11) is 3.16. The molecule has 0 atom stereocenters. The van der Waals surface area contributed by atoms with Gasteiger partial charge in [0, 0.05) is 29.4 Å². The van der Waals surface area contributed by atoms with Gasteiger partial charge in [-0.15, -0.1) is 0 Å². The van der Waals surface area contributed by atoms with Crippen LogP contribution in [0.4, 0.5) is 11.4 Å². The van der Waals surface area contributed by atoms with Crippen LogP contribution >= 0.6 is 11.6 Å². The van der Waals surface area contributed by atoms with Crippen LogP contribution in [0.25, 0.3) is 0 Å². The average molecular weight is 461 g/mol. The molecule has 2 N–H and O–H groups in total. The fourth-order valence-electron chi connectivity index (χ4n) is 3.14. The van der Waals surface area contributed by atoms with E-state index in [4.69, 9.17) is 16.3 Å². The molecular weight excluding hydrogens is 432 g/mol. The predicted octanol–water partition coefficient (Wildman–Crippen LogP) is 3.34. The van der Waals surface area contributed by atoms with Crippen LogP contribution in [-0.4, -0.2) is 67.9 Å². The highest BCUT2D eigenvalue weighted by Gasteiger charge is 2.15. The van der Waals surface area contributed by atoms with Gasteiger partial charge in [0.25, 0.3) is 5.91 Å². The van der Waals surface area contributed by atoms with Gasteiger partial charge in [-0.25, -0.2) is 0 Å². The Morgan fingerprint density at radius 3 is 2.25 bits per heavy atom. The number of nitrogens with one attached hydrogen (secondary N) is 2. The van der Waals surface area contributed by atoms with Crippen LogP contribution in [0, 0.1) is 0 Å². The molecule has 3 amide bonds. The lowest BCUT2D eigenvalue weighted by Gasteiger charge is -2.19. The van der Waals surface area contributed by atoms with Gasteiger partial charge in [0.1, 0.15) is 5.75 Å². The molecule has 0 fully saturated rings. The van der Waals surface area contributed by atoms with Gasteiger partial charge in [0.15, 0.2) is 0 Å². The molecule has 172 valence electrons. The number of nitrogens with zero attached hydrogens (tertiary/aromatic N) is 2. The number of ether oxygens (including phenoxy) is 1. The molecule has 32 heavy (non-hydrogen) atoms. The minimum absolute atomic E-state index is 0.00564. The minimum Gasteiger partial charge on any atom is -0.495 e. The molecule has 0 spiro atoms. The van der Waals surface area contributed by atoms with Crippen molar-refractivity contribution in [2.75, 3.05) is 51.0 Å². The second-order valence-corrected chi connectivity index (χ2v) is 7.61. The molecular formula is C23H29ClN4O4. The summed E-state index contributed by atoms with van der Waals surface area (Å²) in [4.78, 5) is 40.6. The number of benzene rings is 2. The van der Waals surface area contributed by atoms with Crippen LogP contribution in [0.15, 0.2) is 42.5 Å². The Bertz CT molecular complexity index is 963. The van der Waals surface area contributed by atoms with Gasteiger partial charge in [-0.3, -0.25) is 19.3 Å². The molecule has 9 heteroatoms. The van der Waals surface area contributed by atoms with Crippen LogP contribution in [0.5, 0.6) is 5.75 Å². The van der Waals surface area contributed by atoms with Gasteiger partial charge in [0.2, 0.25) is 11.8 Å². The summed E-state index contributed by atoms with van der Waals surface area (Å²) in [6.07, 6.45) is 0. The number of halogens is 1. The zero-order valence-electron chi connectivity index (χ0n) is 18.8. The third-order valence-electron chi connectivity index (χ3n) is 4.71. The Morgan fingerprint density at radius 1 is 0.969 bits per heavy atom. The topological polar surface area (TPSA) is 91.0 Å². The maximum absolute atomic E-state index is 12.5. The molecule has 8 nitrogen and oxygen atoms in total. The van der Waals surface area contributed by atoms with Crippen LogP contribution < -0.4 is 15.4 Å². The van der Waals surface area contributed by atoms with E-state index in [2.05, 4.69) is 10.6 Å². The van der Waals surface area contributed by atoms with Gasteiger partial charge in [0.05, 0.1) is 25.9 Å². The third-order valence-corrected chi connectivity index (χ3v) is 4.94. The first kappa shape index (κ1) is 25.2. The van der Waals surface area contributed by atoms with E-state index in [9.17, 15) is 14.4 Å². The van der Waals surface area contributed by atoms with E-state index in [1.165, 1.54) is 7.11 Å². The van der Waals surface area contributed by atoms with Crippen molar-refractivity contribution in [2.45, 2.75) is 13.8 Å². The molecule has 0 saturated carbocycles. The summed E-state index contributed by atoms with van der Waals surface area (Å²) >= 11 is 5.98. The summed E-state index contributed by atoms with van der Waals surface area (Å²) in [5.74, 6) is -0.209. The highest BCUT2D eigenvalue weighted by atomic mass is 35.5. The molecule has 2 aromatic carbocycles. The van der Waals surface area contributed by atoms with Crippen molar-refractivity contribution in [3.8, 4) is 5.75 Å². The van der Waals surface area contributed by atoms with Gasteiger partial charge >= 0.3 is 0 Å². The highest BCUT2D eigenvalue weighted by molar-refractivity contribution is 6.31. The third kappa shape index (κ3) is 7.25. The van der Waals surface area contributed by atoms with E-state index >= 15 is 0 Å². The van der Waals surface area contributed by atoms with Crippen LogP contribution in [0.1, 0.15) is 24.2 Å². The summed E-state index contributed by atoms with van der Waals surface area (Å²) in [6.45, 7) is 5.04. The molecule has 0 radical (unpaired) electrons. The summed E-state index contributed by atoms with van der Waals surface area (Å²) in [5.41, 5.74) is 1.49. The molecule has 2 rings (SSSR count). The van der Waals surface area contributed by atoms with Gasteiger partial charge in [-0.2, -0.15) is 0 Å². The van der Waals surface area contributed by atoms with Crippen LogP contribution in [0.3, 0.4) is 0 Å². The fourth-order valence-corrected chi connectivity index (χ4v) is 3.31. The van der Waals surface area contributed by atoms with Crippen molar-refractivity contribution in [2.24, 2.45) is 0 Å². The molecule has 0 aromatic heterocycles. The first-order valence-corrected chi connectivity index (χ1v) is 10.7. The number of carbonyl (C=O) groups excluding carboxylic acids is 3. The normalized spacial score (nSPS) is 10.6. The van der Waals surface area contributed by atoms with E-state index in [-0.39, 0.29) is 30.8 Å². The van der Waals surface area contributed by atoms with Crippen molar-refractivity contribution < 1.29 is 19.1 Å². The molecule has 0 bridgehead atoms. The molecule has 0 aliphatic heterocycles. The Balaban J connectivity index is 1.92. The van der Waals surface area contributed by atoms with E-state index in [1.54, 1.807) is 59.3 Å². The lowest BCUT2D eigenvalue weighted by Crippen LogP contribution is -2.36. The smallest absolute Gasteiger partial charge is 0.253 e. The molecule has 0 heterocycles. The fraction of sp³-hybridized carbons (Fsp3) is 0.348. The number of hydrogen-bond donors (Lipinski definition) is 2. The number of likely N-dealkylation sites (N-methyl/N-ethyl adjacent to an activating group) is 1. The Hall–Kier alpha value is -3.10. The molecule has 2 aromatic rings. The van der Waals surface area contributed by atoms with Crippen molar-refractivity contribution >= 4 is 40.7 Å². The number of anilines is 2. The van der Waals surface area contributed by atoms with Gasteiger partial charge in [-0.1, -0.05) is 17.7 Å². The van der Waals surface area contributed by atoms with E-state index in [1.807, 2.05) is 13.8 Å². The first-order chi connectivity index (χ1) is 15.3. The first-order valence-electron chi connectivity index (χ1n) is 10.3. The predicted molar refractivity (Wildman–Crippen MR) is 126 cm³/mol. The van der Waals surface area contributed by atoms with Crippen molar-refractivity contribution in [1.82, 2.24) is 9.80 Å². The second-order valence-electron chi connectivity index (χ2n) is 7.17. The molecule has 0 saturated heterocycles. The lowest BCUT2D eigenvalue weighted by atomic mass is 10.1. The summed E-state index contributed by atoms with van der Waals surface area (Å²) in [5, 5.41) is 5.97. The van der Waals surface area contributed by atoms with Crippen LogP contribution in [0.2, 0.25) is 5.02 Å². The van der Waals surface area contributed by atoms with Crippen molar-refractivity contribution in [1.29, 1.82) is 0 Å². The zero-order chi connectivity index (χ0) is 23.7. The SMILES string of the molecule is CCN(CC)C(=O)c1cccc(NC(=O)CN(C)CC(=O)Nc2cc(Cl)ccc2OC)c1. The zero-order valence-corrected chi connectivity index (χ0v) is 19.5. The number of carbonyl (C=O) groups is 3. The van der Waals surface area contributed by atoms with Crippen molar-refractivity contribution in [3.63, 3.8) is 0 Å². The minimum atomic E-state index is -0.312. The van der Waals surface area contributed by atoms with Gasteiger partial charge < -0.3 is 20.3 Å². The average Bonchev–Trinajstić information content (AvgIpc) is 2.74. The Morgan fingerprint density at radius 2 is 1.62 bits per heavy atom. The molecule has 0 aliphatic carbocycles. The maximum atomic E-state index is 12.5. The van der Waals surface area contributed by atoms with E-state index in [0.29, 0.717) is 40.8 Å². The summed E-state index contributed by atoms with van der Waals surface area (Å²) in [6, 6.07) is 11.7. The second kappa shape index (κ2) is 12.1. The standard InChI is InChI=1S/C23H29ClN4O4/c1-5-28(6-2)23(31)16-8-7-9-18(12-16)25-21(29)14-27(3)15-22(30)26-19-13-17(24)10-11-20(19)32-4/h7-13H,5-6,14-15H2,1-4H3,(H,25,29)(H,26,30). The number of amides is 3. The lowest BCUT2D eigenvalue weighted by molar-refractivity contribution is -0.119. The quantitative estimate of drug-likeness (QED) is 0.567. The Kier molecular flexibility index (Phi) is 9.49. The van der Waals surface area contributed by atoms with Gasteiger partial charge in [-0.05, 0) is 57.3 Å².